The quantitative estimate of drug-likeness (QED) is 0.696. The van der Waals surface area contributed by atoms with Gasteiger partial charge >= 0.3 is 12.0 Å². The summed E-state index contributed by atoms with van der Waals surface area (Å²) in [6, 6.07) is -1.22. The summed E-state index contributed by atoms with van der Waals surface area (Å²) >= 11 is 0. The number of carboxylic acids is 1. The molecule has 17 heavy (non-hydrogen) atoms. The highest BCUT2D eigenvalue weighted by molar-refractivity contribution is 5.82. The molecule has 5 nitrogen and oxygen atoms in total. The molecule has 0 saturated carbocycles. The predicted octanol–water partition coefficient (Wildman–Crippen LogP) is 1.70. The number of nitrogens with one attached hydrogen (secondary N) is 1. The standard InChI is InChI=1S/C12H22N2O3/c1-6-14(7-8(2)3)12(17)13-10(9(4)5)11(15)16/h9-10H,2,6-7H2,1,3-5H3,(H,13,17)(H,15,16)/t10-/m1/s1. The molecule has 0 aliphatic carbocycles. The van der Waals surface area contributed by atoms with Gasteiger partial charge in [0.25, 0.3) is 0 Å². The van der Waals surface area contributed by atoms with Gasteiger partial charge in [0.1, 0.15) is 6.04 Å². The van der Waals surface area contributed by atoms with Crippen LogP contribution in [-0.4, -0.2) is 41.1 Å². The Labute approximate surface area is 102 Å². The van der Waals surface area contributed by atoms with Crippen molar-refractivity contribution in [2.45, 2.75) is 33.7 Å². The number of carbonyl (C=O) groups is 2. The minimum Gasteiger partial charge on any atom is -0.480 e. The van der Waals surface area contributed by atoms with Gasteiger partial charge in [-0.3, -0.25) is 0 Å². The van der Waals surface area contributed by atoms with E-state index < -0.39 is 12.0 Å². The number of likely N-dealkylation sites (N-methyl/N-ethyl adjacent to an activating group) is 1. The fourth-order valence-corrected chi connectivity index (χ4v) is 1.39. The molecule has 0 fully saturated rings. The van der Waals surface area contributed by atoms with Gasteiger partial charge in [-0.05, 0) is 19.8 Å². The number of carbonyl (C=O) groups excluding carboxylic acids is 1. The van der Waals surface area contributed by atoms with Crippen LogP contribution in [0.15, 0.2) is 12.2 Å². The lowest BCUT2D eigenvalue weighted by atomic mass is 10.1. The number of amides is 2. The van der Waals surface area contributed by atoms with Gasteiger partial charge in [-0.1, -0.05) is 26.0 Å². The van der Waals surface area contributed by atoms with Crippen LogP contribution in [0.5, 0.6) is 0 Å². The van der Waals surface area contributed by atoms with Gasteiger partial charge in [0.2, 0.25) is 0 Å². The number of nitrogens with zero attached hydrogens (tertiary/aromatic N) is 1. The molecule has 0 aromatic heterocycles. The topological polar surface area (TPSA) is 69.6 Å². The molecular weight excluding hydrogens is 220 g/mol. The summed E-state index contributed by atoms with van der Waals surface area (Å²) in [4.78, 5) is 24.3. The van der Waals surface area contributed by atoms with Crippen LogP contribution in [0, 0.1) is 5.92 Å². The average Bonchev–Trinajstić information content (AvgIpc) is 2.20. The molecule has 0 aromatic carbocycles. The van der Waals surface area contributed by atoms with Gasteiger partial charge in [-0.25, -0.2) is 9.59 Å². The van der Waals surface area contributed by atoms with Crippen molar-refractivity contribution >= 4 is 12.0 Å². The van der Waals surface area contributed by atoms with Crippen molar-refractivity contribution in [3.05, 3.63) is 12.2 Å². The first-order valence-corrected chi connectivity index (χ1v) is 5.72. The van der Waals surface area contributed by atoms with E-state index >= 15 is 0 Å². The van der Waals surface area contributed by atoms with E-state index in [9.17, 15) is 9.59 Å². The number of carboxylic acid groups (broad SMARTS) is 1. The van der Waals surface area contributed by atoms with Crippen molar-refractivity contribution in [3.8, 4) is 0 Å². The Kier molecular flexibility index (Phi) is 6.31. The summed E-state index contributed by atoms with van der Waals surface area (Å²) in [5.41, 5.74) is 0.860. The molecule has 0 rings (SSSR count). The summed E-state index contributed by atoms with van der Waals surface area (Å²) in [5.74, 6) is -1.17. The van der Waals surface area contributed by atoms with E-state index in [1.165, 1.54) is 4.90 Å². The molecular formula is C12H22N2O3. The molecule has 0 radical (unpaired) electrons. The zero-order valence-electron chi connectivity index (χ0n) is 11.0. The van der Waals surface area contributed by atoms with Gasteiger partial charge in [0, 0.05) is 13.1 Å². The first-order valence-electron chi connectivity index (χ1n) is 5.72. The Morgan fingerprint density at radius 3 is 2.24 bits per heavy atom. The van der Waals surface area contributed by atoms with Crippen molar-refractivity contribution in [1.82, 2.24) is 10.2 Å². The van der Waals surface area contributed by atoms with Gasteiger partial charge in [0.15, 0.2) is 0 Å². The number of hydrogen-bond acceptors (Lipinski definition) is 2. The lowest BCUT2D eigenvalue weighted by molar-refractivity contribution is -0.140. The maximum absolute atomic E-state index is 11.8. The molecule has 0 spiro atoms. The zero-order chi connectivity index (χ0) is 13.6. The molecule has 2 N–H and O–H groups in total. The van der Waals surface area contributed by atoms with Gasteiger partial charge in [0.05, 0.1) is 0 Å². The highest BCUT2D eigenvalue weighted by Gasteiger charge is 2.25. The summed E-state index contributed by atoms with van der Waals surface area (Å²) in [6.07, 6.45) is 0. The van der Waals surface area contributed by atoms with Crippen LogP contribution >= 0.6 is 0 Å². The van der Waals surface area contributed by atoms with Gasteiger partial charge in [-0.2, -0.15) is 0 Å². The third kappa shape index (κ3) is 5.38. The van der Waals surface area contributed by atoms with Gasteiger partial charge < -0.3 is 15.3 Å². The van der Waals surface area contributed by atoms with E-state index in [0.717, 1.165) is 5.57 Å². The second kappa shape index (κ2) is 6.93. The monoisotopic (exact) mass is 242 g/mol. The van der Waals surface area contributed by atoms with E-state index in [1.54, 1.807) is 13.8 Å². The van der Waals surface area contributed by atoms with Crippen LogP contribution in [0.1, 0.15) is 27.7 Å². The van der Waals surface area contributed by atoms with Crippen LogP contribution in [-0.2, 0) is 4.79 Å². The van der Waals surface area contributed by atoms with E-state index in [2.05, 4.69) is 11.9 Å². The molecule has 0 unspecified atom stereocenters. The minimum atomic E-state index is -1.01. The number of rotatable bonds is 6. The molecule has 2 amide bonds. The fourth-order valence-electron chi connectivity index (χ4n) is 1.39. The summed E-state index contributed by atoms with van der Waals surface area (Å²) < 4.78 is 0. The molecule has 0 aromatic rings. The van der Waals surface area contributed by atoms with Crippen molar-refractivity contribution in [3.63, 3.8) is 0 Å². The Hall–Kier alpha value is -1.52. The lowest BCUT2D eigenvalue weighted by Crippen LogP contribution is -2.50. The SMILES string of the molecule is C=C(C)CN(CC)C(=O)N[C@@H](C(=O)O)C(C)C. The minimum absolute atomic E-state index is 0.153. The van der Waals surface area contributed by atoms with Crippen LogP contribution in [0.3, 0.4) is 0 Å². The highest BCUT2D eigenvalue weighted by Crippen LogP contribution is 2.04. The molecule has 98 valence electrons. The smallest absolute Gasteiger partial charge is 0.326 e. The third-order valence-electron chi connectivity index (χ3n) is 2.34. The first-order chi connectivity index (χ1) is 7.79. The predicted molar refractivity (Wildman–Crippen MR) is 66.9 cm³/mol. The van der Waals surface area contributed by atoms with E-state index in [4.69, 9.17) is 5.11 Å². The number of aliphatic carboxylic acids is 1. The largest absolute Gasteiger partial charge is 0.480 e. The summed E-state index contributed by atoms with van der Waals surface area (Å²) in [5, 5.41) is 11.5. The number of hydrogen-bond donors (Lipinski definition) is 2. The highest BCUT2D eigenvalue weighted by atomic mass is 16.4. The normalized spacial score (nSPS) is 12.1. The average molecular weight is 242 g/mol. The van der Waals surface area contributed by atoms with Crippen LogP contribution < -0.4 is 5.32 Å². The Bertz CT molecular complexity index is 300. The third-order valence-corrected chi connectivity index (χ3v) is 2.34. The van der Waals surface area contributed by atoms with Crippen molar-refractivity contribution < 1.29 is 14.7 Å². The second-order valence-electron chi connectivity index (χ2n) is 4.48. The summed E-state index contributed by atoms with van der Waals surface area (Å²) in [7, 11) is 0. The van der Waals surface area contributed by atoms with E-state index in [0.29, 0.717) is 13.1 Å². The maximum Gasteiger partial charge on any atom is 0.326 e. The maximum atomic E-state index is 11.8. The van der Waals surface area contributed by atoms with Crippen molar-refractivity contribution in [2.24, 2.45) is 5.92 Å². The summed E-state index contributed by atoms with van der Waals surface area (Å²) in [6.45, 7) is 11.9. The van der Waals surface area contributed by atoms with E-state index in [1.807, 2.05) is 13.8 Å². The second-order valence-corrected chi connectivity index (χ2v) is 4.48. The lowest BCUT2D eigenvalue weighted by Gasteiger charge is -2.25. The fraction of sp³-hybridized carbons (Fsp3) is 0.667. The Balaban J connectivity index is 4.57. The Morgan fingerprint density at radius 2 is 1.94 bits per heavy atom. The van der Waals surface area contributed by atoms with Crippen LogP contribution in [0.25, 0.3) is 0 Å². The Morgan fingerprint density at radius 1 is 1.41 bits per heavy atom. The molecule has 0 bridgehead atoms. The zero-order valence-corrected chi connectivity index (χ0v) is 11.0. The van der Waals surface area contributed by atoms with Crippen LogP contribution in [0.2, 0.25) is 0 Å². The molecule has 1 atom stereocenters. The number of urea groups is 1. The van der Waals surface area contributed by atoms with Crippen molar-refractivity contribution in [2.75, 3.05) is 13.1 Å². The molecule has 0 aliphatic heterocycles. The molecule has 5 heteroatoms. The van der Waals surface area contributed by atoms with E-state index in [-0.39, 0.29) is 11.9 Å². The van der Waals surface area contributed by atoms with Gasteiger partial charge in [-0.15, -0.1) is 0 Å². The van der Waals surface area contributed by atoms with Crippen LogP contribution in [0.4, 0.5) is 4.79 Å². The van der Waals surface area contributed by atoms with Crippen molar-refractivity contribution in [1.29, 1.82) is 0 Å². The molecule has 0 saturated heterocycles. The first kappa shape index (κ1) is 15.5. The molecule has 0 aliphatic rings. The molecule has 0 heterocycles.